The first-order valence-corrected chi connectivity index (χ1v) is 9.18. The van der Waals surface area contributed by atoms with Crippen LogP contribution in [0.4, 0.5) is 0 Å². The van der Waals surface area contributed by atoms with Gasteiger partial charge in [-0.3, -0.25) is 4.79 Å². The van der Waals surface area contributed by atoms with Crippen LogP contribution in [0.2, 0.25) is 5.02 Å². The number of nitrogens with one attached hydrogen (secondary N) is 1. The number of fused-ring (bicyclic) bond motifs is 1. The van der Waals surface area contributed by atoms with E-state index in [1.54, 1.807) is 18.2 Å². The number of carbonyl (C=O) groups is 1. The number of hydrogen-bond donors (Lipinski definition) is 2. The number of hydrogen-bond acceptors (Lipinski definition) is 3. The first-order chi connectivity index (χ1) is 10.4. The molecule has 0 aliphatic heterocycles. The van der Waals surface area contributed by atoms with Crippen LogP contribution in [0, 0.1) is 0 Å². The summed E-state index contributed by atoms with van der Waals surface area (Å²) in [6.45, 7) is 0. The van der Waals surface area contributed by atoms with Crippen molar-refractivity contribution in [3.63, 3.8) is 0 Å². The third kappa shape index (κ3) is 2.50. The molecule has 1 aromatic carbocycles. The van der Waals surface area contributed by atoms with Gasteiger partial charge in [-0.25, -0.2) is 8.42 Å². The Bertz CT molecular complexity index is 836. The molecule has 0 spiro atoms. The maximum atomic E-state index is 13.0. The summed E-state index contributed by atoms with van der Waals surface area (Å²) in [5, 5.41) is 0.395. The van der Waals surface area contributed by atoms with Crippen molar-refractivity contribution >= 4 is 38.2 Å². The van der Waals surface area contributed by atoms with E-state index in [1.165, 1.54) is 0 Å². The van der Waals surface area contributed by atoms with Gasteiger partial charge in [0.25, 0.3) is 5.91 Å². The number of amides is 1. The molecule has 3 rings (SSSR count). The van der Waals surface area contributed by atoms with Crippen LogP contribution in [0.1, 0.15) is 42.6 Å². The Morgan fingerprint density at radius 3 is 2.55 bits per heavy atom. The molecule has 118 valence electrons. The average Bonchev–Trinajstić information content (AvgIpc) is 2.87. The van der Waals surface area contributed by atoms with Crippen LogP contribution < -0.4 is 5.73 Å². The zero-order chi connectivity index (χ0) is 15.9. The highest BCUT2D eigenvalue weighted by Gasteiger charge is 2.34. The molecule has 0 atom stereocenters. The van der Waals surface area contributed by atoms with Crippen molar-refractivity contribution in [2.75, 3.05) is 0 Å². The molecular weight excluding hydrogens is 324 g/mol. The molecule has 1 fully saturated rings. The van der Waals surface area contributed by atoms with Gasteiger partial charge in [0.15, 0.2) is 9.84 Å². The van der Waals surface area contributed by atoms with Crippen LogP contribution in [0.25, 0.3) is 10.9 Å². The molecule has 1 aromatic heterocycles. The second-order valence-electron chi connectivity index (χ2n) is 5.69. The van der Waals surface area contributed by atoms with Gasteiger partial charge in [0.1, 0.15) is 10.6 Å². The summed E-state index contributed by atoms with van der Waals surface area (Å²) in [5.74, 6) is -0.776. The summed E-state index contributed by atoms with van der Waals surface area (Å²) in [4.78, 5) is 14.5. The predicted molar refractivity (Wildman–Crippen MR) is 85.9 cm³/mol. The van der Waals surface area contributed by atoms with Gasteiger partial charge in [-0.05, 0) is 31.0 Å². The van der Waals surface area contributed by atoms with E-state index in [1.807, 2.05) is 0 Å². The summed E-state index contributed by atoms with van der Waals surface area (Å²) >= 11 is 5.99. The molecule has 1 aliphatic rings. The summed E-state index contributed by atoms with van der Waals surface area (Å²) < 4.78 is 26.1. The molecule has 0 unspecified atom stereocenters. The van der Waals surface area contributed by atoms with Gasteiger partial charge in [0.2, 0.25) is 0 Å². The number of halogens is 1. The molecule has 3 N–H and O–H groups in total. The molecular formula is C15H17ClN2O3S. The summed E-state index contributed by atoms with van der Waals surface area (Å²) in [6, 6.07) is 4.86. The van der Waals surface area contributed by atoms with Crippen LogP contribution in [0.5, 0.6) is 0 Å². The predicted octanol–water partition coefficient (Wildman–Crippen LogP) is 3.03. The number of benzene rings is 1. The fourth-order valence-electron chi connectivity index (χ4n) is 3.15. The smallest absolute Gasteiger partial charge is 0.266 e. The summed E-state index contributed by atoms with van der Waals surface area (Å²) in [5.41, 5.74) is 5.87. The Morgan fingerprint density at radius 1 is 1.23 bits per heavy atom. The highest BCUT2D eigenvalue weighted by molar-refractivity contribution is 7.92. The van der Waals surface area contributed by atoms with E-state index in [0.717, 1.165) is 19.3 Å². The fraction of sp³-hybridized carbons (Fsp3) is 0.400. The summed E-state index contributed by atoms with van der Waals surface area (Å²) in [7, 11) is -3.63. The van der Waals surface area contributed by atoms with Crippen molar-refractivity contribution in [3.8, 4) is 0 Å². The highest BCUT2D eigenvalue weighted by Crippen LogP contribution is 2.35. The van der Waals surface area contributed by atoms with Crippen molar-refractivity contribution in [2.45, 2.75) is 42.2 Å². The van der Waals surface area contributed by atoms with Gasteiger partial charge < -0.3 is 10.7 Å². The molecule has 2 aromatic rings. The van der Waals surface area contributed by atoms with Crippen molar-refractivity contribution < 1.29 is 13.2 Å². The maximum Gasteiger partial charge on any atom is 0.266 e. The molecule has 0 saturated heterocycles. The van der Waals surface area contributed by atoms with Crippen LogP contribution in [0.15, 0.2) is 23.1 Å². The standard InChI is InChI=1S/C15H17ClN2O3S/c16-9-6-7-12-11(8-9)14(13(18-12)15(17)19)22(20,21)10-4-2-1-3-5-10/h6-8,10,18H,1-5H2,(H2,17,19). The zero-order valence-electron chi connectivity index (χ0n) is 11.9. The zero-order valence-corrected chi connectivity index (χ0v) is 13.5. The lowest BCUT2D eigenvalue weighted by Crippen LogP contribution is -2.26. The lowest BCUT2D eigenvalue weighted by atomic mass is 10.0. The second-order valence-corrected chi connectivity index (χ2v) is 8.29. The molecule has 5 nitrogen and oxygen atoms in total. The lowest BCUT2D eigenvalue weighted by Gasteiger charge is -2.21. The molecule has 0 bridgehead atoms. The Morgan fingerprint density at radius 2 is 1.91 bits per heavy atom. The lowest BCUT2D eigenvalue weighted by molar-refractivity contribution is 0.0993. The number of rotatable bonds is 3. The quantitative estimate of drug-likeness (QED) is 0.899. The van der Waals surface area contributed by atoms with Crippen molar-refractivity contribution in [1.82, 2.24) is 4.98 Å². The third-order valence-electron chi connectivity index (χ3n) is 4.23. The molecule has 0 radical (unpaired) electrons. The third-order valence-corrected chi connectivity index (χ3v) is 6.81. The summed E-state index contributed by atoms with van der Waals surface area (Å²) in [6.07, 6.45) is 4.06. The number of primary amides is 1. The number of carbonyl (C=O) groups excluding carboxylic acids is 1. The fourth-order valence-corrected chi connectivity index (χ4v) is 5.52. The van der Waals surface area contributed by atoms with Crippen LogP contribution in [-0.4, -0.2) is 24.6 Å². The van der Waals surface area contributed by atoms with Crippen molar-refractivity contribution in [2.24, 2.45) is 5.73 Å². The Balaban J connectivity index is 2.25. The van der Waals surface area contributed by atoms with E-state index in [9.17, 15) is 13.2 Å². The van der Waals surface area contributed by atoms with Crippen LogP contribution in [0.3, 0.4) is 0 Å². The first-order valence-electron chi connectivity index (χ1n) is 7.26. The minimum atomic E-state index is -3.63. The van der Waals surface area contributed by atoms with Gasteiger partial charge >= 0.3 is 0 Å². The van der Waals surface area contributed by atoms with Gasteiger partial charge in [0, 0.05) is 15.9 Å². The maximum absolute atomic E-state index is 13.0. The number of sulfone groups is 1. The minimum absolute atomic E-state index is 0.00407. The first kappa shape index (κ1) is 15.4. The molecule has 1 saturated carbocycles. The van der Waals surface area contributed by atoms with Gasteiger partial charge in [0.05, 0.1) is 5.25 Å². The number of nitrogens with two attached hydrogens (primary N) is 1. The second kappa shape index (κ2) is 5.59. The molecule has 22 heavy (non-hydrogen) atoms. The van der Waals surface area contributed by atoms with Gasteiger partial charge in [-0.1, -0.05) is 30.9 Å². The number of H-pyrrole nitrogens is 1. The monoisotopic (exact) mass is 340 g/mol. The molecule has 1 aliphatic carbocycles. The molecule has 7 heteroatoms. The van der Waals surface area contributed by atoms with Crippen molar-refractivity contribution in [3.05, 3.63) is 28.9 Å². The Kier molecular flexibility index (Phi) is 3.91. The molecule has 1 heterocycles. The largest absolute Gasteiger partial charge is 0.364 e. The highest BCUT2D eigenvalue weighted by atomic mass is 35.5. The van der Waals surface area contributed by atoms with E-state index in [4.69, 9.17) is 17.3 Å². The number of aromatic amines is 1. The van der Waals surface area contributed by atoms with E-state index in [2.05, 4.69) is 4.98 Å². The SMILES string of the molecule is NC(=O)c1[nH]c2ccc(Cl)cc2c1S(=O)(=O)C1CCCCC1. The van der Waals surface area contributed by atoms with Crippen LogP contribution in [-0.2, 0) is 9.84 Å². The van der Waals surface area contributed by atoms with Gasteiger partial charge in [-0.15, -0.1) is 0 Å². The number of aromatic nitrogens is 1. The van der Waals surface area contributed by atoms with E-state index in [0.29, 0.717) is 28.8 Å². The normalized spacial score (nSPS) is 17.0. The van der Waals surface area contributed by atoms with Crippen LogP contribution >= 0.6 is 11.6 Å². The van der Waals surface area contributed by atoms with Gasteiger partial charge in [-0.2, -0.15) is 0 Å². The molecule has 1 amide bonds. The van der Waals surface area contributed by atoms with E-state index in [-0.39, 0.29) is 10.6 Å². The topological polar surface area (TPSA) is 93.0 Å². The van der Waals surface area contributed by atoms with E-state index >= 15 is 0 Å². The Labute approximate surface area is 133 Å². The Hall–Kier alpha value is -1.53. The van der Waals surface area contributed by atoms with Crippen molar-refractivity contribution in [1.29, 1.82) is 0 Å². The average molecular weight is 341 g/mol. The van der Waals surface area contributed by atoms with E-state index < -0.39 is 21.0 Å². The minimum Gasteiger partial charge on any atom is -0.364 e.